The molecule has 0 aliphatic rings. The fraction of sp³-hybridized carbons (Fsp3) is 0.235. The number of fused-ring (bicyclic) bond motifs is 2. The zero-order valence-electron chi connectivity index (χ0n) is 12.2. The van der Waals surface area contributed by atoms with Crippen LogP contribution in [-0.2, 0) is 0 Å². The summed E-state index contributed by atoms with van der Waals surface area (Å²) in [5.74, 6) is 1.10. The molecule has 0 saturated carbocycles. The van der Waals surface area contributed by atoms with E-state index in [4.69, 9.17) is 13.9 Å². The quantitative estimate of drug-likeness (QED) is 0.417. The minimum atomic E-state index is -0.0881. The Hall–Kier alpha value is -1.53. The molecule has 0 radical (unpaired) electrons. The molecule has 0 aliphatic carbocycles. The van der Waals surface area contributed by atoms with Crippen molar-refractivity contribution in [2.45, 2.75) is 0 Å². The molecule has 0 fully saturated rings. The van der Waals surface area contributed by atoms with E-state index in [9.17, 15) is 4.79 Å². The van der Waals surface area contributed by atoms with Crippen molar-refractivity contribution in [2.24, 2.45) is 0 Å². The number of rotatable bonds is 6. The van der Waals surface area contributed by atoms with Gasteiger partial charge in [0.05, 0.1) is 24.0 Å². The zero-order chi connectivity index (χ0) is 16.2. The summed E-state index contributed by atoms with van der Waals surface area (Å²) in [6, 6.07) is 10.7. The molecule has 2 aromatic carbocycles. The van der Waals surface area contributed by atoms with Gasteiger partial charge in [-0.15, -0.1) is 0 Å². The molecule has 23 heavy (non-hydrogen) atoms. The van der Waals surface area contributed by atoms with E-state index in [1.54, 1.807) is 36.4 Å². The summed E-state index contributed by atoms with van der Waals surface area (Å²) in [5, 5.41) is 2.39. The van der Waals surface area contributed by atoms with Gasteiger partial charge in [-0.25, -0.2) is 0 Å². The fourth-order valence-electron chi connectivity index (χ4n) is 2.37. The fourth-order valence-corrected chi connectivity index (χ4v) is 2.70. The standard InChI is InChI=1S/C17H14Br2O4/c18-7-9-21-13-5-1-3-11-15(20)12-4-2-6-14(22-10-8-19)17(12)23-16(11)13/h1-6H,7-10H2. The van der Waals surface area contributed by atoms with E-state index >= 15 is 0 Å². The molecular formula is C17H14Br2O4. The lowest BCUT2D eigenvalue weighted by atomic mass is 10.1. The first-order chi connectivity index (χ1) is 11.3. The van der Waals surface area contributed by atoms with Crippen LogP contribution in [0.4, 0.5) is 0 Å². The molecule has 0 unspecified atom stereocenters. The smallest absolute Gasteiger partial charge is 0.200 e. The van der Waals surface area contributed by atoms with Gasteiger partial charge in [0.1, 0.15) is 0 Å². The van der Waals surface area contributed by atoms with E-state index in [2.05, 4.69) is 31.9 Å². The summed E-state index contributed by atoms with van der Waals surface area (Å²) < 4.78 is 17.3. The van der Waals surface area contributed by atoms with Gasteiger partial charge < -0.3 is 13.9 Å². The van der Waals surface area contributed by atoms with Crippen molar-refractivity contribution in [3.63, 3.8) is 0 Å². The van der Waals surface area contributed by atoms with Crippen molar-refractivity contribution < 1.29 is 13.9 Å². The first-order valence-corrected chi connectivity index (χ1v) is 9.36. The van der Waals surface area contributed by atoms with Crippen LogP contribution in [0.15, 0.2) is 45.6 Å². The molecule has 0 atom stereocenters. The van der Waals surface area contributed by atoms with Crippen LogP contribution in [0.2, 0.25) is 0 Å². The van der Waals surface area contributed by atoms with Crippen molar-refractivity contribution in [1.82, 2.24) is 0 Å². The molecule has 3 rings (SSSR count). The van der Waals surface area contributed by atoms with Gasteiger partial charge in [-0.1, -0.05) is 44.0 Å². The Labute approximate surface area is 149 Å². The number of para-hydroxylation sites is 2. The lowest BCUT2D eigenvalue weighted by Gasteiger charge is -2.10. The van der Waals surface area contributed by atoms with E-state index in [0.717, 1.165) is 0 Å². The monoisotopic (exact) mass is 440 g/mol. The Kier molecular flexibility index (Phi) is 5.23. The highest BCUT2D eigenvalue weighted by molar-refractivity contribution is 9.09. The topological polar surface area (TPSA) is 48.7 Å². The number of hydrogen-bond acceptors (Lipinski definition) is 4. The summed E-state index contributed by atoms with van der Waals surface area (Å²) in [4.78, 5) is 12.8. The van der Waals surface area contributed by atoms with Crippen LogP contribution in [0.5, 0.6) is 11.5 Å². The maximum Gasteiger partial charge on any atom is 0.200 e. The third kappa shape index (κ3) is 3.23. The second kappa shape index (κ2) is 7.36. The van der Waals surface area contributed by atoms with Crippen molar-refractivity contribution in [3.05, 3.63) is 46.6 Å². The number of hydrogen-bond donors (Lipinski definition) is 0. The highest BCUT2D eigenvalue weighted by Crippen LogP contribution is 2.31. The number of halogens is 2. The summed E-state index contributed by atoms with van der Waals surface area (Å²) in [7, 11) is 0. The molecule has 0 N–H and O–H groups in total. The Morgan fingerprint density at radius 2 is 1.30 bits per heavy atom. The van der Waals surface area contributed by atoms with Crippen LogP contribution in [0.3, 0.4) is 0 Å². The van der Waals surface area contributed by atoms with E-state index in [0.29, 0.717) is 57.3 Å². The number of ether oxygens (including phenoxy) is 2. The summed E-state index contributed by atoms with van der Waals surface area (Å²) >= 11 is 6.65. The Balaban J connectivity index is 2.26. The average molecular weight is 442 g/mol. The van der Waals surface area contributed by atoms with Crippen molar-refractivity contribution >= 4 is 53.8 Å². The Bertz CT molecular complexity index is 820. The maximum atomic E-state index is 12.8. The van der Waals surface area contributed by atoms with E-state index in [1.807, 2.05) is 0 Å². The normalized spacial score (nSPS) is 11.0. The minimum Gasteiger partial charge on any atom is -0.489 e. The van der Waals surface area contributed by atoms with Crippen molar-refractivity contribution in [3.8, 4) is 11.5 Å². The van der Waals surface area contributed by atoms with Crippen molar-refractivity contribution in [1.29, 1.82) is 0 Å². The molecule has 4 nitrogen and oxygen atoms in total. The van der Waals surface area contributed by atoms with E-state index < -0.39 is 0 Å². The molecule has 0 bridgehead atoms. The molecule has 6 heteroatoms. The van der Waals surface area contributed by atoms with Crippen LogP contribution >= 0.6 is 31.9 Å². The SMILES string of the molecule is O=c1c2cccc(OCCBr)c2oc2c(OCCBr)cccc12. The van der Waals surface area contributed by atoms with Gasteiger partial charge >= 0.3 is 0 Å². The predicted octanol–water partition coefficient (Wildman–Crippen LogP) is 4.49. The van der Waals surface area contributed by atoms with Crippen molar-refractivity contribution in [2.75, 3.05) is 23.9 Å². The number of benzene rings is 2. The molecule has 0 saturated heterocycles. The summed E-state index contributed by atoms with van der Waals surface area (Å²) in [6.07, 6.45) is 0. The Morgan fingerprint density at radius 1 is 0.826 bits per heavy atom. The molecule has 1 aromatic heterocycles. The van der Waals surface area contributed by atoms with Gasteiger partial charge in [0, 0.05) is 10.7 Å². The lowest BCUT2D eigenvalue weighted by molar-refractivity contribution is 0.338. The lowest BCUT2D eigenvalue weighted by Crippen LogP contribution is -2.06. The molecule has 120 valence electrons. The Morgan fingerprint density at radius 3 is 1.74 bits per heavy atom. The molecule has 0 amide bonds. The van der Waals surface area contributed by atoms with Gasteiger partial charge in [-0.3, -0.25) is 4.79 Å². The molecule has 0 spiro atoms. The first-order valence-electron chi connectivity index (χ1n) is 7.12. The van der Waals surface area contributed by atoms with Gasteiger partial charge in [0.2, 0.25) is 5.43 Å². The zero-order valence-corrected chi connectivity index (χ0v) is 15.4. The third-order valence-electron chi connectivity index (χ3n) is 3.32. The summed E-state index contributed by atoms with van der Waals surface area (Å²) in [5.41, 5.74) is 0.802. The van der Waals surface area contributed by atoms with Crippen LogP contribution in [0, 0.1) is 0 Å². The third-order valence-corrected chi connectivity index (χ3v) is 3.97. The second-order valence-electron chi connectivity index (χ2n) is 4.77. The average Bonchev–Trinajstić information content (AvgIpc) is 2.58. The molecule has 0 aliphatic heterocycles. The van der Waals surface area contributed by atoms with Gasteiger partial charge in [-0.05, 0) is 24.3 Å². The molecule has 1 heterocycles. The maximum absolute atomic E-state index is 12.8. The number of alkyl halides is 2. The van der Waals surface area contributed by atoms with Gasteiger partial charge in [-0.2, -0.15) is 0 Å². The summed E-state index contributed by atoms with van der Waals surface area (Å²) in [6.45, 7) is 0.977. The minimum absolute atomic E-state index is 0.0881. The van der Waals surface area contributed by atoms with Crippen LogP contribution in [0.1, 0.15) is 0 Å². The van der Waals surface area contributed by atoms with E-state index in [-0.39, 0.29) is 5.43 Å². The van der Waals surface area contributed by atoms with Crippen LogP contribution in [0.25, 0.3) is 21.9 Å². The van der Waals surface area contributed by atoms with Gasteiger partial charge in [0.25, 0.3) is 0 Å². The molecular weight excluding hydrogens is 428 g/mol. The molecule has 3 aromatic rings. The van der Waals surface area contributed by atoms with Gasteiger partial charge in [0.15, 0.2) is 22.7 Å². The van der Waals surface area contributed by atoms with Crippen LogP contribution < -0.4 is 14.9 Å². The second-order valence-corrected chi connectivity index (χ2v) is 6.36. The van der Waals surface area contributed by atoms with Crippen LogP contribution in [-0.4, -0.2) is 23.9 Å². The highest BCUT2D eigenvalue weighted by atomic mass is 79.9. The highest BCUT2D eigenvalue weighted by Gasteiger charge is 2.14. The first kappa shape index (κ1) is 16.3. The largest absolute Gasteiger partial charge is 0.489 e. The van der Waals surface area contributed by atoms with E-state index in [1.165, 1.54) is 0 Å². The predicted molar refractivity (Wildman–Crippen MR) is 98.6 cm³/mol.